The Labute approximate surface area is 165 Å². The summed E-state index contributed by atoms with van der Waals surface area (Å²) in [6.07, 6.45) is 0.146. The highest BCUT2D eigenvalue weighted by Crippen LogP contribution is 2.26. The van der Waals surface area contributed by atoms with Crippen LogP contribution in [0.2, 0.25) is 0 Å². The molecule has 0 aromatic heterocycles. The number of aryl methyl sites for hydroxylation is 1. The number of nitrogens with one attached hydrogen (secondary N) is 1. The van der Waals surface area contributed by atoms with E-state index in [0.29, 0.717) is 12.2 Å². The average Bonchev–Trinajstić information content (AvgIpc) is 3.04. The van der Waals surface area contributed by atoms with Crippen LogP contribution in [0.5, 0.6) is 0 Å². The summed E-state index contributed by atoms with van der Waals surface area (Å²) >= 11 is 0. The number of carbonyl (C=O) groups is 2. The zero-order chi connectivity index (χ0) is 20.5. The second-order valence-electron chi connectivity index (χ2n) is 7.04. The van der Waals surface area contributed by atoms with Gasteiger partial charge in [0.05, 0.1) is 10.8 Å². The van der Waals surface area contributed by atoms with Crippen molar-refractivity contribution in [2.45, 2.75) is 18.2 Å². The number of nitrogens with zero attached hydrogens (tertiary/aromatic N) is 2. The number of hydrogen-bond donors (Lipinski definition) is 1. The molecule has 1 heterocycles. The minimum atomic E-state index is -3.52. The number of carbonyl (C=O) groups excluding carboxylic acids is 2. The van der Waals surface area contributed by atoms with E-state index in [1.807, 2.05) is 31.2 Å². The summed E-state index contributed by atoms with van der Waals surface area (Å²) in [6.45, 7) is 2.29. The number of benzene rings is 2. The normalized spacial score (nSPS) is 17.2. The Kier molecular flexibility index (Phi) is 5.53. The molecule has 3 rings (SSSR count). The van der Waals surface area contributed by atoms with Crippen molar-refractivity contribution < 1.29 is 18.0 Å². The Morgan fingerprint density at radius 2 is 1.68 bits per heavy atom. The first-order valence-electron chi connectivity index (χ1n) is 8.89. The molecule has 0 spiro atoms. The molecule has 28 heavy (non-hydrogen) atoms. The number of anilines is 2. The van der Waals surface area contributed by atoms with Gasteiger partial charge < -0.3 is 10.2 Å². The highest BCUT2D eigenvalue weighted by molar-refractivity contribution is 7.89. The fourth-order valence-corrected chi connectivity index (χ4v) is 3.92. The molecule has 1 N–H and O–H groups in total. The van der Waals surface area contributed by atoms with Crippen molar-refractivity contribution in [3.05, 3.63) is 54.1 Å². The van der Waals surface area contributed by atoms with Crippen molar-refractivity contribution in [3.8, 4) is 0 Å². The lowest BCUT2D eigenvalue weighted by Gasteiger charge is -2.17. The van der Waals surface area contributed by atoms with Gasteiger partial charge in [-0.25, -0.2) is 12.7 Å². The van der Waals surface area contributed by atoms with Crippen LogP contribution in [0.4, 0.5) is 11.4 Å². The molecule has 0 radical (unpaired) electrons. The van der Waals surface area contributed by atoms with Crippen molar-refractivity contribution in [2.75, 3.05) is 30.9 Å². The van der Waals surface area contributed by atoms with Gasteiger partial charge in [-0.15, -0.1) is 0 Å². The van der Waals surface area contributed by atoms with Crippen molar-refractivity contribution >= 4 is 33.2 Å². The molecule has 1 fully saturated rings. The first-order valence-corrected chi connectivity index (χ1v) is 10.3. The van der Waals surface area contributed by atoms with E-state index in [0.717, 1.165) is 15.6 Å². The fourth-order valence-electron chi connectivity index (χ4n) is 3.02. The summed E-state index contributed by atoms with van der Waals surface area (Å²) < 4.78 is 25.3. The van der Waals surface area contributed by atoms with E-state index in [9.17, 15) is 18.0 Å². The molecule has 2 amide bonds. The summed E-state index contributed by atoms with van der Waals surface area (Å²) in [4.78, 5) is 26.7. The van der Waals surface area contributed by atoms with Crippen LogP contribution < -0.4 is 10.2 Å². The fraction of sp³-hybridized carbons (Fsp3) is 0.300. The molecule has 1 aliphatic rings. The lowest BCUT2D eigenvalue weighted by Crippen LogP contribution is -2.28. The molecular weight excluding hydrogens is 378 g/mol. The zero-order valence-corrected chi connectivity index (χ0v) is 16.9. The van der Waals surface area contributed by atoms with Gasteiger partial charge in [0, 0.05) is 38.4 Å². The van der Waals surface area contributed by atoms with Gasteiger partial charge in [-0.1, -0.05) is 17.7 Å². The van der Waals surface area contributed by atoms with Gasteiger partial charge >= 0.3 is 0 Å². The number of sulfonamides is 1. The molecule has 1 unspecified atom stereocenters. The Balaban J connectivity index is 1.67. The summed E-state index contributed by atoms with van der Waals surface area (Å²) in [5, 5.41) is 2.77. The van der Waals surface area contributed by atoms with Crippen LogP contribution in [0.15, 0.2) is 53.4 Å². The molecule has 7 nitrogen and oxygen atoms in total. The van der Waals surface area contributed by atoms with Crippen LogP contribution in [0.25, 0.3) is 0 Å². The van der Waals surface area contributed by atoms with Gasteiger partial charge in [-0.2, -0.15) is 0 Å². The van der Waals surface area contributed by atoms with E-state index < -0.39 is 15.9 Å². The second kappa shape index (κ2) is 7.73. The summed E-state index contributed by atoms with van der Waals surface area (Å²) in [5.41, 5.74) is 2.37. The van der Waals surface area contributed by atoms with Crippen LogP contribution in [0.3, 0.4) is 0 Å². The third kappa shape index (κ3) is 4.07. The van der Waals surface area contributed by atoms with Crippen LogP contribution in [0, 0.1) is 12.8 Å². The third-order valence-electron chi connectivity index (χ3n) is 4.74. The van der Waals surface area contributed by atoms with Crippen LogP contribution in [-0.4, -0.2) is 45.2 Å². The van der Waals surface area contributed by atoms with E-state index >= 15 is 0 Å². The van der Waals surface area contributed by atoms with E-state index in [4.69, 9.17) is 0 Å². The van der Waals surface area contributed by atoms with Gasteiger partial charge in [-0.3, -0.25) is 9.59 Å². The maximum absolute atomic E-state index is 12.6. The van der Waals surface area contributed by atoms with Crippen molar-refractivity contribution in [3.63, 3.8) is 0 Å². The smallest absolute Gasteiger partial charge is 0.242 e. The topological polar surface area (TPSA) is 86.8 Å². The Hall–Kier alpha value is -2.71. The summed E-state index contributed by atoms with van der Waals surface area (Å²) in [5.74, 6) is -0.804. The maximum atomic E-state index is 12.6. The summed E-state index contributed by atoms with van der Waals surface area (Å²) in [7, 11) is -0.596. The van der Waals surface area contributed by atoms with E-state index in [2.05, 4.69) is 5.32 Å². The largest absolute Gasteiger partial charge is 0.326 e. The zero-order valence-electron chi connectivity index (χ0n) is 16.0. The molecule has 1 aliphatic heterocycles. The van der Waals surface area contributed by atoms with Gasteiger partial charge in [0.1, 0.15) is 0 Å². The maximum Gasteiger partial charge on any atom is 0.242 e. The van der Waals surface area contributed by atoms with Crippen molar-refractivity contribution in [1.29, 1.82) is 0 Å². The van der Waals surface area contributed by atoms with Gasteiger partial charge in [0.2, 0.25) is 21.8 Å². The highest BCUT2D eigenvalue weighted by Gasteiger charge is 2.35. The Morgan fingerprint density at radius 3 is 2.25 bits per heavy atom. The molecule has 1 atom stereocenters. The predicted molar refractivity (Wildman–Crippen MR) is 108 cm³/mol. The molecule has 0 saturated carbocycles. The quantitative estimate of drug-likeness (QED) is 0.832. The first-order chi connectivity index (χ1) is 13.2. The van der Waals surface area contributed by atoms with Crippen molar-refractivity contribution in [2.24, 2.45) is 5.92 Å². The minimum absolute atomic E-state index is 0.0866. The lowest BCUT2D eigenvalue weighted by molar-refractivity contribution is -0.122. The van der Waals surface area contributed by atoms with E-state index in [-0.39, 0.29) is 23.1 Å². The lowest BCUT2D eigenvalue weighted by atomic mass is 10.1. The van der Waals surface area contributed by atoms with Gasteiger partial charge in [-0.05, 0) is 43.3 Å². The molecule has 8 heteroatoms. The van der Waals surface area contributed by atoms with E-state index in [1.54, 1.807) is 17.0 Å². The molecular formula is C20H23N3O4S. The number of amides is 2. The Morgan fingerprint density at radius 1 is 1.07 bits per heavy atom. The molecule has 1 saturated heterocycles. The third-order valence-corrected chi connectivity index (χ3v) is 6.57. The summed E-state index contributed by atoms with van der Waals surface area (Å²) in [6, 6.07) is 13.6. The molecule has 0 aliphatic carbocycles. The predicted octanol–water partition coefficient (Wildman–Crippen LogP) is 2.24. The number of rotatable bonds is 5. The van der Waals surface area contributed by atoms with Crippen molar-refractivity contribution in [1.82, 2.24) is 4.31 Å². The molecule has 2 aromatic rings. The minimum Gasteiger partial charge on any atom is -0.326 e. The average molecular weight is 401 g/mol. The van der Waals surface area contributed by atoms with Gasteiger partial charge in [0.25, 0.3) is 0 Å². The second-order valence-corrected chi connectivity index (χ2v) is 9.19. The SMILES string of the molecule is Cc1ccc(N2CC(C(=O)Nc3ccc(S(=O)(=O)N(C)C)cc3)CC2=O)cc1. The van der Waals surface area contributed by atoms with E-state index in [1.165, 1.54) is 26.2 Å². The van der Waals surface area contributed by atoms with Crippen LogP contribution in [0.1, 0.15) is 12.0 Å². The monoisotopic (exact) mass is 401 g/mol. The first kappa shape index (κ1) is 20.0. The molecule has 2 aromatic carbocycles. The highest BCUT2D eigenvalue weighted by atomic mass is 32.2. The molecule has 148 valence electrons. The van der Waals surface area contributed by atoms with Crippen LogP contribution >= 0.6 is 0 Å². The van der Waals surface area contributed by atoms with Gasteiger partial charge in [0.15, 0.2) is 0 Å². The standard InChI is InChI=1S/C20H23N3O4S/c1-14-4-8-17(9-5-14)23-13-15(12-19(23)24)20(25)21-16-6-10-18(11-7-16)28(26,27)22(2)3/h4-11,15H,12-13H2,1-3H3,(H,21,25). The van der Waals surface area contributed by atoms with Crippen LogP contribution in [-0.2, 0) is 19.6 Å². The number of hydrogen-bond acceptors (Lipinski definition) is 4. The molecule has 0 bridgehead atoms. The Bertz CT molecular complexity index is 983.